The van der Waals surface area contributed by atoms with Gasteiger partial charge in [-0.25, -0.2) is 0 Å². The van der Waals surface area contributed by atoms with E-state index in [1.165, 1.54) is 7.11 Å². The Bertz CT molecular complexity index is 194. The number of hydrogen-bond donors (Lipinski definition) is 2. The molecule has 1 rings (SSSR count). The summed E-state index contributed by atoms with van der Waals surface area (Å²) in [6, 6.07) is -0.315. The van der Waals surface area contributed by atoms with Gasteiger partial charge in [-0.15, -0.1) is 0 Å². The number of methoxy groups -OCH3 is 1. The van der Waals surface area contributed by atoms with E-state index in [1.54, 1.807) is 4.90 Å². The Morgan fingerprint density at radius 2 is 2.36 bits per heavy atom. The molecule has 5 heteroatoms. The monoisotopic (exact) mass is 202 g/mol. The van der Waals surface area contributed by atoms with Gasteiger partial charge in [0.2, 0.25) is 5.91 Å². The van der Waals surface area contributed by atoms with E-state index in [9.17, 15) is 4.79 Å². The highest BCUT2D eigenvalue weighted by Crippen LogP contribution is 2.26. The summed E-state index contributed by atoms with van der Waals surface area (Å²) >= 11 is 0. The molecule has 1 atom stereocenters. The van der Waals surface area contributed by atoms with E-state index < -0.39 is 6.04 Å². The first-order valence-electron chi connectivity index (χ1n) is 4.86. The SMILES string of the molecule is COCC(N)C(=O)N(CCO)C1CC1. The fraction of sp³-hybridized carbons (Fsp3) is 0.889. The molecule has 14 heavy (non-hydrogen) atoms. The van der Waals surface area contributed by atoms with E-state index in [2.05, 4.69) is 0 Å². The molecule has 0 aromatic heterocycles. The number of carbonyl (C=O) groups excluding carboxylic acids is 1. The predicted octanol–water partition coefficient (Wildman–Crippen LogP) is -1.06. The molecule has 0 bridgehead atoms. The smallest absolute Gasteiger partial charge is 0.242 e. The van der Waals surface area contributed by atoms with Crippen molar-refractivity contribution in [3.05, 3.63) is 0 Å². The molecule has 1 amide bonds. The number of carbonyl (C=O) groups is 1. The summed E-state index contributed by atoms with van der Waals surface area (Å²) in [4.78, 5) is 13.4. The Labute approximate surface area is 83.8 Å². The molecule has 3 N–H and O–H groups in total. The Kier molecular flexibility index (Phi) is 4.31. The number of nitrogens with zero attached hydrogens (tertiary/aromatic N) is 1. The van der Waals surface area contributed by atoms with E-state index in [0.29, 0.717) is 6.54 Å². The second-order valence-electron chi connectivity index (χ2n) is 3.55. The number of aliphatic hydroxyl groups excluding tert-OH is 1. The Hall–Kier alpha value is -0.650. The van der Waals surface area contributed by atoms with Crippen LogP contribution in [-0.2, 0) is 9.53 Å². The van der Waals surface area contributed by atoms with Gasteiger partial charge in [-0.2, -0.15) is 0 Å². The van der Waals surface area contributed by atoms with Crippen molar-refractivity contribution in [3.63, 3.8) is 0 Å². The highest BCUT2D eigenvalue weighted by atomic mass is 16.5. The topological polar surface area (TPSA) is 75.8 Å². The maximum absolute atomic E-state index is 11.7. The van der Waals surface area contributed by atoms with Crippen LogP contribution < -0.4 is 5.73 Å². The van der Waals surface area contributed by atoms with Gasteiger partial charge in [0, 0.05) is 19.7 Å². The maximum Gasteiger partial charge on any atom is 0.242 e. The molecule has 1 saturated carbocycles. The summed E-state index contributed by atoms with van der Waals surface area (Å²) in [5.74, 6) is -0.122. The van der Waals surface area contributed by atoms with Gasteiger partial charge in [0.1, 0.15) is 6.04 Å². The van der Waals surface area contributed by atoms with Crippen molar-refractivity contribution in [1.29, 1.82) is 0 Å². The molecule has 0 aromatic carbocycles. The molecule has 0 spiro atoms. The molecule has 5 nitrogen and oxygen atoms in total. The normalized spacial score (nSPS) is 17.9. The van der Waals surface area contributed by atoms with Crippen molar-refractivity contribution < 1.29 is 14.6 Å². The van der Waals surface area contributed by atoms with Gasteiger partial charge in [-0.3, -0.25) is 4.79 Å². The van der Waals surface area contributed by atoms with Crippen LogP contribution in [0.2, 0.25) is 0 Å². The van der Waals surface area contributed by atoms with Gasteiger partial charge >= 0.3 is 0 Å². The quantitative estimate of drug-likeness (QED) is 0.576. The van der Waals surface area contributed by atoms with Gasteiger partial charge in [0.05, 0.1) is 13.2 Å². The molecule has 1 fully saturated rings. The maximum atomic E-state index is 11.7. The van der Waals surface area contributed by atoms with E-state index in [0.717, 1.165) is 12.8 Å². The Balaban J connectivity index is 2.44. The third-order valence-electron chi connectivity index (χ3n) is 2.28. The molecule has 0 aliphatic heterocycles. The lowest BCUT2D eigenvalue weighted by Gasteiger charge is -2.24. The first-order valence-corrected chi connectivity index (χ1v) is 4.86. The highest BCUT2D eigenvalue weighted by Gasteiger charge is 2.34. The first kappa shape index (κ1) is 11.4. The van der Waals surface area contributed by atoms with Gasteiger partial charge < -0.3 is 20.5 Å². The van der Waals surface area contributed by atoms with Crippen LogP contribution in [0.15, 0.2) is 0 Å². The van der Waals surface area contributed by atoms with E-state index >= 15 is 0 Å². The molecule has 1 aliphatic rings. The minimum absolute atomic E-state index is 0.0120. The molecule has 0 aromatic rings. The first-order chi connectivity index (χ1) is 6.70. The van der Waals surface area contributed by atoms with Crippen LogP contribution in [-0.4, -0.2) is 54.9 Å². The molecular weight excluding hydrogens is 184 g/mol. The van der Waals surface area contributed by atoms with E-state index in [4.69, 9.17) is 15.6 Å². The van der Waals surface area contributed by atoms with Gasteiger partial charge in [-0.1, -0.05) is 0 Å². The van der Waals surface area contributed by atoms with E-state index in [1.807, 2.05) is 0 Å². The number of nitrogens with two attached hydrogens (primary N) is 1. The number of aliphatic hydroxyl groups is 1. The zero-order valence-electron chi connectivity index (χ0n) is 8.48. The second-order valence-corrected chi connectivity index (χ2v) is 3.55. The van der Waals surface area contributed by atoms with Crippen LogP contribution in [0.5, 0.6) is 0 Å². The third-order valence-corrected chi connectivity index (χ3v) is 2.28. The zero-order chi connectivity index (χ0) is 10.6. The number of hydrogen-bond acceptors (Lipinski definition) is 4. The van der Waals surface area contributed by atoms with Gasteiger partial charge in [-0.05, 0) is 12.8 Å². The van der Waals surface area contributed by atoms with Gasteiger partial charge in [0.15, 0.2) is 0 Å². The number of rotatable bonds is 6. The zero-order valence-corrected chi connectivity index (χ0v) is 8.48. The standard InChI is InChI=1S/C9H18N2O3/c1-14-6-8(10)9(13)11(4-5-12)7-2-3-7/h7-8,12H,2-6,10H2,1H3. The van der Waals surface area contributed by atoms with Crippen LogP contribution >= 0.6 is 0 Å². The fourth-order valence-corrected chi connectivity index (χ4v) is 1.43. The average Bonchev–Trinajstić information content (AvgIpc) is 2.97. The minimum Gasteiger partial charge on any atom is -0.395 e. The summed E-state index contributed by atoms with van der Waals surface area (Å²) in [7, 11) is 1.51. The largest absolute Gasteiger partial charge is 0.395 e. The number of ether oxygens (including phenoxy) is 1. The molecule has 1 aliphatic carbocycles. The summed E-state index contributed by atoms with van der Waals surface area (Å²) in [5, 5.41) is 8.81. The summed E-state index contributed by atoms with van der Waals surface area (Å²) in [6.45, 7) is 0.594. The summed E-state index contributed by atoms with van der Waals surface area (Å²) in [6.07, 6.45) is 2.04. The lowest BCUT2D eigenvalue weighted by Crippen LogP contribution is -2.48. The van der Waals surface area contributed by atoms with Crippen molar-refractivity contribution >= 4 is 5.91 Å². The number of amides is 1. The third kappa shape index (κ3) is 2.94. The van der Waals surface area contributed by atoms with Crippen LogP contribution in [0.4, 0.5) is 0 Å². The average molecular weight is 202 g/mol. The van der Waals surface area contributed by atoms with Crippen molar-refractivity contribution in [3.8, 4) is 0 Å². The lowest BCUT2D eigenvalue weighted by atomic mass is 10.2. The molecule has 0 saturated heterocycles. The fourth-order valence-electron chi connectivity index (χ4n) is 1.43. The Morgan fingerprint density at radius 1 is 1.71 bits per heavy atom. The molecular formula is C9H18N2O3. The van der Waals surface area contributed by atoms with Crippen LogP contribution in [0.3, 0.4) is 0 Å². The lowest BCUT2D eigenvalue weighted by molar-refractivity contribution is -0.134. The Morgan fingerprint density at radius 3 is 2.79 bits per heavy atom. The van der Waals surface area contributed by atoms with Gasteiger partial charge in [0.25, 0.3) is 0 Å². The van der Waals surface area contributed by atoms with E-state index in [-0.39, 0.29) is 25.2 Å². The second kappa shape index (κ2) is 5.29. The van der Waals surface area contributed by atoms with Crippen molar-refractivity contribution in [2.24, 2.45) is 5.73 Å². The molecule has 82 valence electrons. The van der Waals surface area contributed by atoms with Crippen LogP contribution in [0, 0.1) is 0 Å². The predicted molar refractivity (Wildman–Crippen MR) is 51.7 cm³/mol. The molecule has 1 unspecified atom stereocenters. The van der Waals surface area contributed by atoms with Crippen molar-refractivity contribution in [1.82, 2.24) is 4.90 Å². The van der Waals surface area contributed by atoms with Crippen LogP contribution in [0.25, 0.3) is 0 Å². The van der Waals surface area contributed by atoms with Crippen molar-refractivity contribution in [2.45, 2.75) is 24.9 Å². The minimum atomic E-state index is -0.604. The van der Waals surface area contributed by atoms with Crippen molar-refractivity contribution in [2.75, 3.05) is 26.9 Å². The summed E-state index contributed by atoms with van der Waals surface area (Å²) in [5.41, 5.74) is 5.63. The highest BCUT2D eigenvalue weighted by molar-refractivity contribution is 5.82. The molecule has 0 heterocycles. The molecule has 0 radical (unpaired) electrons. The summed E-state index contributed by atoms with van der Waals surface area (Å²) < 4.78 is 4.82. The van der Waals surface area contributed by atoms with Crippen LogP contribution in [0.1, 0.15) is 12.8 Å².